The molecule has 10 amide bonds. The van der Waals surface area contributed by atoms with Crippen LogP contribution in [0.3, 0.4) is 0 Å². The van der Waals surface area contributed by atoms with E-state index in [-0.39, 0.29) is 245 Å². The standard InChI is InChI=1S/C63H114N14O24/c1-49(62(65)92)10-4-7-17-72-63(93)50(11-5-8-16-66-52(79)13-9-14-53(80)68-18-30-94-34-38-98-45-56(83)70-20-32-96-36-37-97-44-55(82)67-15-6-2-3-12-51(64)78)73-58(85)47-101-48-100-33-21-71-57(84)46-99-39-35-95-31-19-69-54(81)40-74-22-24-75(41-59(86)87)26-28-77(43-61(90)91)29-27-76(25-23-74)42-60(88)89/h49-50H,2-48H2,1H3,(H2,64,78)(H2,65,92)(H,66,79)(H,67,82)(H,68,80)(H,69,81)(H,70,83)(H,71,84)(H,72,93)(H,73,85)(H,86,87)(H,88,89)(H,90,91)/t49-,50-/m0/s1. The fourth-order valence-corrected chi connectivity index (χ4v) is 9.33. The molecule has 0 aromatic carbocycles. The summed E-state index contributed by atoms with van der Waals surface area (Å²) in [4.78, 5) is 163. The van der Waals surface area contributed by atoms with E-state index in [0.29, 0.717) is 84.1 Å². The summed E-state index contributed by atoms with van der Waals surface area (Å²) in [6.45, 7) is 5.10. The van der Waals surface area contributed by atoms with Gasteiger partial charge in [-0.25, -0.2) is 0 Å². The van der Waals surface area contributed by atoms with Gasteiger partial charge in [0.25, 0.3) is 0 Å². The molecule has 0 bridgehead atoms. The predicted molar refractivity (Wildman–Crippen MR) is 361 cm³/mol. The van der Waals surface area contributed by atoms with E-state index in [1.165, 1.54) is 0 Å². The van der Waals surface area contributed by atoms with Crippen molar-refractivity contribution in [2.24, 2.45) is 17.4 Å². The Kier molecular flexibility index (Phi) is 55.6. The second-order valence-electron chi connectivity index (χ2n) is 23.6. The van der Waals surface area contributed by atoms with E-state index in [4.69, 9.17) is 49.4 Å². The Labute approximate surface area is 590 Å². The molecule has 38 nitrogen and oxygen atoms in total. The van der Waals surface area contributed by atoms with Gasteiger partial charge < -0.3 is 107 Å². The quantitative estimate of drug-likeness (QED) is 0.0200. The van der Waals surface area contributed by atoms with Crippen LogP contribution in [-0.2, 0) is 100 Å². The number of hydrogen-bond donors (Lipinski definition) is 13. The summed E-state index contributed by atoms with van der Waals surface area (Å²) in [6.07, 6.45) is 6.03. The zero-order chi connectivity index (χ0) is 74.5. The van der Waals surface area contributed by atoms with E-state index in [1.807, 2.05) is 0 Å². The number of nitrogens with zero attached hydrogens (tertiary/aromatic N) is 4. The van der Waals surface area contributed by atoms with Crippen molar-refractivity contribution >= 4 is 77.0 Å². The Balaban J connectivity index is 2.27. The fourth-order valence-electron chi connectivity index (χ4n) is 9.33. The van der Waals surface area contributed by atoms with Gasteiger partial charge in [-0.3, -0.25) is 81.9 Å². The van der Waals surface area contributed by atoms with Gasteiger partial charge in [-0.2, -0.15) is 0 Å². The van der Waals surface area contributed by atoms with Gasteiger partial charge in [-0.15, -0.1) is 0 Å². The average Bonchev–Trinajstić information content (AvgIpc) is 0.962. The van der Waals surface area contributed by atoms with Crippen LogP contribution in [0.2, 0.25) is 0 Å². The van der Waals surface area contributed by atoms with Gasteiger partial charge in [-0.1, -0.05) is 19.8 Å². The lowest BCUT2D eigenvalue weighted by Crippen LogP contribution is -2.50. The molecular formula is C63H114N14O24. The van der Waals surface area contributed by atoms with Crippen molar-refractivity contribution in [1.29, 1.82) is 0 Å². The Bertz CT molecular complexity index is 2370. The molecule has 1 aliphatic rings. The molecule has 38 heteroatoms. The monoisotopic (exact) mass is 1450 g/mol. The highest BCUT2D eigenvalue weighted by atomic mass is 16.7. The van der Waals surface area contributed by atoms with Gasteiger partial charge in [0, 0.05) is 123 Å². The van der Waals surface area contributed by atoms with E-state index in [0.717, 1.165) is 12.8 Å². The third-order valence-electron chi connectivity index (χ3n) is 14.8. The molecule has 0 spiro atoms. The maximum Gasteiger partial charge on any atom is 0.317 e. The van der Waals surface area contributed by atoms with Crippen LogP contribution in [-0.4, -0.2) is 342 Å². The largest absolute Gasteiger partial charge is 0.480 e. The smallest absolute Gasteiger partial charge is 0.317 e. The fraction of sp³-hybridized carbons (Fsp3) is 0.794. The minimum Gasteiger partial charge on any atom is -0.480 e. The number of amides is 10. The summed E-state index contributed by atoms with van der Waals surface area (Å²) in [5.74, 6) is -7.09. The lowest BCUT2D eigenvalue weighted by molar-refractivity contribution is -0.140. The number of ether oxygens (including phenoxy) is 8. The molecule has 0 aromatic rings. The van der Waals surface area contributed by atoms with Crippen molar-refractivity contribution < 1.29 is 116 Å². The van der Waals surface area contributed by atoms with Crippen molar-refractivity contribution in [1.82, 2.24) is 62.1 Å². The highest BCUT2D eigenvalue weighted by molar-refractivity contribution is 5.88. The SMILES string of the molecule is C[C@@H](CCCCNC(=O)[C@H](CCCCNC(=O)CCCC(=O)NCCOCCOCC(=O)NCCOCCOCC(=O)NCCCCCC(N)=O)NC(=O)COCOCCNC(=O)COCCOCCNC(=O)CN1CCN(CC(=O)O)CCN(CC(=O)O)CCN(CC(=O)O)CC1)C(N)=O. The second-order valence-corrected chi connectivity index (χ2v) is 23.6. The molecule has 1 fully saturated rings. The first-order valence-corrected chi connectivity index (χ1v) is 34.4. The first-order chi connectivity index (χ1) is 48.5. The Morgan fingerprint density at radius 1 is 0.347 bits per heavy atom. The van der Waals surface area contributed by atoms with Crippen molar-refractivity contribution in [3.05, 3.63) is 0 Å². The topological polar surface area (TPSA) is 518 Å². The summed E-state index contributed by atoms with van der Waals surface area (Å²) in [7, 11) is 0. The highest BCUT2D eigenvalue weighted by Gasteiger charge is 2.23. The van der Waals surface area contributed by atoms with Gasteiger partial charge in [0.2, 0.25) is 59.1 Å². The van der Waals surface area contributed by atoms with Crippen molar-refractivity contribution in [2.45, 2.75) is 96.4 Å². The van der Waals surface area contributed by atoms with Crippen molar-refractivity contribution in [3.63, 3.8) is 0 Å². The summed E-state index contributed by atoms with van der Waals surface area (Å²) in [5, 5.41) is 50.0. The molecule has 1 rings (SSSR count). The Hall–Kier alpha value is -7.37. The van der Waals surface area contributed by atoms with E-state index in [1.54, 1.807) is 26.5 Å². The summed E-state index contributed by atoms with van der Waals surface area (Å²) in [5.41, 5.74) is 10.4. The molecule has 0 radical (unpaired) electrons. The predicted octanol–water partition coefficient (Wildman–Crippen LogP) is -5.47. The second kappa shape index (κ2) is 61.3. The minimum absolute atomic E-state index is 0.0372. The molecule has 0 aromatic heterocycles. The van der Waals surface area contributed by atoms with Crippen LogP contribution in [0.15, 0.2) is 0 Å². The molecule has 15 N–H and O–H groups in total. The number of carbonyl (C=O) groups is 13. The van der Waals surface area contributed by atoms with Gasteiger partial charge in [-0.05, 0) is 51.4 Å². The summed E-state index contributed by atoms with van der Waals surface area (Å²) in [6, 6.07) is -0.926. The number of unbranched alkanes of at least 4 members (excludes halogenated alkanes) is 4. The molecule has 2 atom stereocenters. The molecule has 0 saturated carbocycles. The van der Waals surface area contributed by atoms with Crippen LogP contribution in [0.5, 0.6) is 0 Å². The van der Waals surface area contributed by atoms with Gasteiger partial charge in [0.05, 0.1) is 92.2 Å². The normalized spacial score (nSPS) is 14.0. The minimum atomic E-state index is -1.06. The van der Waals surface area contributed by atoms with Crippen molar-refractivity contribution in [3.8, 4) is 0 Å². The average molecular weight is 1450 g/mol. The van der Waals surface area contributed by atoms with Crippen LogP contribution in [0.4, 0.5) is 0 Å². The number of carboxylic acids is 3. The lowest BCUT2D eigenvalue weighted by atomic mass is 10.0. The summed E-state index contributed by atoms with van der Waals surface area (Å²) >= 11 is 0. The molecular weight excluding hydrogens is 1340 g/mol. The number of aliphatic carboxylic acids is 3. The van der Waals surface area contributed by atoms with Crippen LogP contribution < -0.4 is 54.0 Å². The number of rotatable bonds is 62. The van der Waals surface area contributed by atoms with E-state index >= 15 is 0 Å². The maximum atomic E-state index is 13.2. The van der Waals surface area contributed by atoms with Gasteiger partial charge in [0.15, 0.2) is 0 Å². The van der Waals surface area contributed by atoms with Crippen molar-refractivity contribution in [2.75, 3.05) is 224 Å². The number of nitrogens with two attached hydrogens (primary N) is 2. The first-order valence-electron chi connectivity index (χ1n) is 34.4. The first kappa shape index (κ1) is 91.6. The molecule has 580 valence electrons. The van der Waals surface area contributed by atoms with Crippen LogP contribution in [0.1, 0.15) is 90.4 Å². The molecule has 0 aliphatic carbocycles. The molecule has 1 heterocycles. The third kappa shape index (κ3) is 57.9. The Morgan fingerprint density at radius 3 is 1.14 bits per heavy atom. The maximum absolute atomic E-state index is 13.2. The number of primary amides is 2. The molecule has 1 aliphatic heterocycles. The van der Waals surface area contributed by atoms with Crippen LogP contribution in [0, 0.1) is 5.92 Å². The van der Waals surface area contributed by atoms with Gasteiger partial charge in [0.1, 0.15) is 39.3 Å². The van der Waals surface area contributed by atoms with E-state index < -0.39 is 54.2 Å². The number of carbonyl (C=O) groups excluding carboxylic acids is 10. The van der Waals surface area contributed by atoms with E-state index in [9.17, 15) is 77.6 Å². The molecule has 0 unspecified atom stereocenters. The lowest BCUT2D eigenvalue weighted by Gasteiger charge is -2.32. The number of hydrogen-bond acceptors (Lipinski definition) is 25. The number of nitrogens with one attached hydrogen (secondary N) is 8. The Morgan fingerprint density at radius 2 is 0.703 bits per heavy atom. The summed E-state index contributed by atoms with van der Waals surface area (Å²) < 4.78 is 42.9. The van der Waals surface area contributed by atoms with E-state index in [2.05, 4.69) is 42.5 Å². The van der Waals surface area contributed by atoms with Gasteiger partial charge >= 0.3 is 17.9 Å². The van der Waals surface area contributed by atoms with Crippen LogP contribution in [0.25, 0.3) is 0 Å². The highest BCUT2D eigenvalue weighted by Crippen LogP contribution is 2.08. The molecule has 101 heavy (non-hydrogen) atoms. The van der Waals surface area contributed by atoms with Crippen LogP contribution >= 0.6 is 0 Å². The molecule has 1 saturated heterocycles. The third-order valence-corrected chi connectivity index (χ3v) is 14.8. The zero-order valence-electron chi connectivity index (χ0n) is 58.7. The zero-order valence-corrected chi connectivity index (χ0v) is 58.7. The number of carboxylic acid groups (broad SMARTS) is 3.